The van der Waals surface area contributed by atoms with E-state index in [9.17, 15) is 0 Å². The van der Waals surface area contributed by atoms with E-state index in [1.807, 2.05) is 0 Å². The average Bonchev–Trinajstić information content (AvgIpc) is 1.90. The third-order valence-corrected chi connectivity index (χ3v) is 2.38. The first kappa shape index (κ1) is 8.06. The molecule has 1 heteroatoms. The summed E-state index contributed by atoms with van der Waals surface area (Å²) in [4.78, 5) is 0. The summed E-state index contributed by atoms with van der Waals surface area (Å²) in [5.74, 6) is 0. The molecule has 0 aromatic heterocycles. The topological polar surface area (TPSA) is 12.0 Å². The van der Waals surface area contributed by atoms with E-state index in [0.29, 0.717) is 5.41 Å². The lowest BCUT2D eigenvalue weighted by molar-refractivity contribution is 0.298. The van der Waals surface area contributed by atoms with E-state index in [0.717, 1.165) is 6.04 Å². The fourth-order valence-electron chi connectivity index (χ4n) is 1.92. The van der Waals surface area contributed by atoms with Crippen LogP contribution in [0, 0.1) is 5.41 Å². The number of rotatable bonds is 0. The van der Waals surface area contributed by atoms with Crippen LogP contribution in [0.2, 0.25) is 0 Å². The minimum absolute atomic E-state index is 0.572. The highest BCUT2D eigenvalue weighted by Gasteiger charge is 2.22. The van der Waals surface area contributed by atoms with E-state index >= 15 is 0 Å². The van der Waals surface area contributed by atoms with Crippen LogP contribution >= 0.6 is 0 Å². The molecular weight excluding hydrogens is 122 g/mol. The van der Waals surface area contributed by atoms with Crippen LogP contribution in [0.1, 0.15) is 40.0 Å². The molecule has 1 fully saturated rings. The average molecular weight is 141 g/mol. The summed E-state index contributed by atoms with van der Waals surface area (Å²) in [5.41, 5.74) is 0.572. The van der Waals surface area contributed by atoms with Crippen LogP contribution in [0.5, 0.6) is 0 Å². The molecule has 0 bridgehead atoms. The first-order valence-corrected chi connectivity index (χ1v) is 4.33. The molecule has 1 saturated heterocycles. The highest BCUT2D eigenvalue weighted by atomic mass is 14.9. The molecule has 0 aliphatic carbocycles. The van der Waals surface area contributed by atoms with Gasteiger partial charge in [-0.05, 0) is 38.1 Å². The van der Waals surface area contributed by atoms with Crippen LogP contribution in [0.15, 0.2) is 0 Å². The third-order valence-electron chi connectivity index (χ3n) is 2.38. The Kier molecular flexibility index (Phi) is 2.35. The smallest absolute Gasteiger partial charge is 0.00438 e. The highest BCUT2D eigenvalue weighted by molar-refractivity contribution is 4.78. The monoisotopic (exact) mass is 141 g/mol. The molecule has 60 valence electrons. The molecule has 1 nitrogen and oxygen atoms in total. The van der Waals surface area contributed by atoms with Crippen molar-refractivity contribution in [2.75, 3.05) is 6.54 Å². The molecule has 0 aromatic carbocycles. The van der Waals surface area contributed by atoms with Gasteiger partial charge in [-0.2, -0.15) is 0 Å². The first-order valence-electron chi connectivity index (χ1n) is 4.33. The number of hydrogen-bond acceptors (Lipinski definition) is 1. The van der Waals surface area contributed by atoms with E-state index in [1.54, 1.807) is 0 Å². The summed E-state index contributed by atoms with van der Waals surface area (Å²) in [7, 11) is 0. The Balaban J connectivity index is 2.46. The van der Waals surface area contributed by atoms with Gasteiger partial charge in [0.25, 0.3) is 0 Å². The van der Waals surface area contributed by atoms with Gasteiger partial charge in [0.05, 0.1) is 0 Å². The lowest BCUT2D eigenvalue weighted by Crippen LogP contribution is -2.27. The fraction of sp³-hybridized carbons (Fsp3) is 1.00. The maximum atomic E-state index is 3.50. The third kappa shape index (κ3) is 2.30. The van der Waals surface area contributed by atoms with Crippen molar-refractivity contribution >= 4 is 0 Å². The van der Waals surface area contributed by atoms with Crippen LogP contribution in [0.4, 0.5) is 0 Å². The minimum Gasteiger partial charge on any atom is -0.314 e. The van der Waals surface area contributed by atoms with Gasteiger partial charge < -0.3 is 5.32 Å². The van der Waals surface area contributed by atoms with E-state index in [-0.39, 0.29) is 0 Å². The van der Waals surface area contributed by atoms with Crippen molar-refractivity contribution in [1.29, 1.82) is 0 Å². The predicted molar refractivity (Wildman–Crippen MR) is 45.1 cm³/mol. The molecule has 0 radical (unpaired) electrons. The zero-order valence-electron chi connectivity index (χ0n) is 7.41. The van der Waals surface area contributed by atoms with Gasteiger partial charge in [-0.25, -0.2) is 0 Å². The zero-order valence-corrected chi connectivity index (χ0v) is 7.41. The van der Waals surface area contributed by atoms with Crippen molar-refractivity contribution in [3.63, 3.8) is 0 Å². The molecule has 1 aliphatic heterocycles. The lowest BCUT2D eigenvalue weighted by Gasteiger charge is -2.24. The summed E-state index contributed by atoms with van der Waals surface area (Å²) in [5, 5.41) is 3.50. The second-order valence-corrected chi connectivity index (χ2v) is 4.33. The Morgan fingerprint density at radius 3 is 2.80 bits per heavy atom. The maximum absolute atomic E-state index is 3.50. The highest BCUT2D eigenvalue weighted by Crippen LogP contribution is 2.29. The molecule has 0 saturated carbocycles. The normalized spacial score (nSPS) is 33.3. The Bertz CT molecular complexity index is 107. The second kappa shape index (κ2) is 2.91. The Morgan fingerprint density at radius 1 is 1.40 bits per heavy atom. The van der Waals surface area contributed by atoms with Gasteiger partial charge in [0.1, 0.15) is 0 Å². The summed E-state index contributed by atoms with van der Waals surface area (Å²) in [6, 6.07) is 0.720. The first-order chi connectivity index (χ1) is 4.60. The van der Waals surface area contributed by atoms with E-state index in [2.05, 4.69) is 26.1 Å². The number of hydrogen-bond donors (Lipinski definition) is 1. The van der Waals surface area contributed by atoms with Crippen LogP contribution in [-0.4, -0.2) is 12.6 Å². The molecule has 1 rings (SSSR count). The fourth-order valence-corrected chi connectivity index (χ4v) is 1.92. The van der Waals surface area contributed by atoms with Gasteiger partial charge in [0, 0.05) is 6.04 Å². The largest absolute Gasteiger partial charge is 0.314 e. The van der Waals surface area contributed by atoms with Gasteiger partial charge in [0.2, 0.25) is 0 Å². The summed E-state index contributed by atoms with van der Waals surface area (Å²) in [6.07, 6.45) is 4.05. The minimum atomic E-state index is 0.572. The van der Waals surface area contributed by atoms with Crippen LogP contribution < -0.4 is 5.32 Å². The second-order valence-electron chi connectivity index (χ2n) is 4.33. The van der Waals surface area contributed by atoms with Crippen LogP contribution in [0.25, 0.3) is 0 Å². The lowest BCUT2D eigenvalue weighted by atomic mass is 9.83. The van der Waals surface area contributed by atoms with Gasteiger partial charge in [-0.1, -0.05) is 13.8 Å². The van der Waals surface area contributed by atoms with E-state index in [1.165, 1.54) is 25.8 Å². The molecular formula is C9H19N. The molecule has 1 aliphatic rings. The van der Waals surface area contributed by atoms with E-state index in [4.69, 9.17) is 0 Å². The molecule has 1 unspecified atom stereocenters. The van der Waals surface area contributed by atoms with Crippen LogP contribution in [0.3, 0.4) is 0 Å². The zero-order chi connectivity index (χ0) is 7.61. The molecule has 0 amide bonds. The standard InChI is InChI=1S/C9H19N/c1-8-7-9(2,3)5-4-6-10-8/h8,10H,4-7H2,1-3H3. The molecule has 1 heterocycles. The Morgan fingerprint density at radius 2 is 2.10 bits per heavy atom. The maximum Gasteiger partial charge on any atom is 0.00438 e. The Labute approximate surface area is 64.2 Å². The predicted octanol–water partition coefficient (Wildman–Crippen LogP) is 2.17. The molecule has 0 spiro atoms. The van der Waals surface area contributed by atoms with Crippen molar-refractivity contribution in [1.82, 2.24) is 5.32 Å². The van der Waals surface area contributed by atoms with Crippen molar-refractivity contribution in [3.05, 3.63) is 0 Å². The van der Waals surface area contributed by atoms with E-state index < -0.39 is 0 Å². The van der Waals surface area contributed by atoms with Crippen molar-refractivity contribution in [2.45, 2.75) is 46.1 Å². The molecule has 1 N–H and O–H groups in total. The van der Waals surface area contributed by atoms with Crippen molar-refractivity contribution in [2.24, 2.45) is 5.41 Å². The van der Waals surface area contributed by atoms with Gasteiger partial charge in [-0.3, -0.25) is 0 Å². The van der Waals surface area contributed by atoms with Crippen molar-refractivity contribution < 1.29 is 0 Å². The molecule has 1 atom stereocenters. The van der Waals surface area contributed by atoms with Crippen LogP contribution in [-0.2, 0) is 0 Å². The quantitative estimate of drug-likeness (QED) is 0.545. The van der Waals surface area contributed by atoms with Gasteiger partial charge in [-0.15, -0.1) is 0 Å². The van der Waals surface area contributed by atoms with Gasteiger partial charge in [0.15, 0.2) is 0 Å². The number of nitrogens with one attached hydrogen (secondary N) is 1. The SMILES string of the molecule is CC1CC(C)(C)CCCN1. The summed E-state index contributed by atoms with van der Waals surface area (Å²) < 4.78 is 0. The van der Waals surface area contributed by atoms with Gasteiger partial charge >= 0.3 is 0 Å². The Hall–Kier alpha value is -0.0400. The molecule has 0 aromatic rings. The summed E-state index contributed by atoms with van der Waals surface area (Å²) >= 11 is 0. The molecule has 10 heavy (non-hydrogen) atoms. The van der Waals surface area contributed by atoms with Crippen molar-refractivity contribution in [3.8, 4) is 0 Å². The summed E-state index contributed by atoms with van der Waals surface area (Å²) in [6.45, 7) is 8.24.